The fourth-order valence-corrected chi connectivity index (χ4v) is 2.28. The second-order valence-electron chi connectivity index (χ2n) is 3.92. The first-order chi connectivity index (χ1) is 7.27. The van der Waals surface area contributed by atoms with E-state index < -0.39 is 0 Å². The van der Waals surface area contributed by atoms with Gasteiger partial charge in [-0.2, -0.15) is 0 Å². The molecule has 2 heteroatoms. The van der Waals surface area contributed by atoms with Gasteiger partial charge in [0.15, 0.2) is 0 Å². The molecule has 0 fully saturated rings. The summed E-state index contributed by atoms with van der Waals surface area (Å²) in [6.45, 7) is 2.82. The molecule has 0 saturated heterocycles. The summed E-state index contributed by atoms with van der Waals surface area (Å²) in [7, 11) is 1.73. The standard InChI is InChI=1S/C13H17NO/c1-9-10(8-14)6-7-12-11(9)4-3-5-13(12)15-2/h3-5H,6-8,14H2,1-2H3. The Labute approximate surface area is 90.7 Å². The quantitative estimate of drug-likeness (QED) is 0.801. The highest BCUT2D eigenvalue weighted by Crippen LogP contribution is 2.35. The van der Waals surface area contributed by atoms with Crippen molar-refractivity contribution in [2.75, 3.05) is 13.7 Å². The molecule has 1 aliphatic carbocycles. The first kappa shape index (κ1) is 10.2. The molecule has 1 aromatic carbocycles. The maximum absolute atomic E-state index is 5.73. The lowest BCUT2D eigenvalue weighted by Crippen LogP contribution is -2.12. The smallest absolute Gasteiger partial charge is 0.122 e. The van der Waals surface area contributed by atoms with Gasteiger partial charge in [-0.3, -0.25) is 0 Å². The third-order valence-corrected chi connectivity index (χ3v) is 3.21. The second-order valence-corrected chi connectivity index (χ2v) is 3.92. The summed E-state index contributed by atoms with van der Waals surface area (Å²) in [6.07, 6.45) is 2.11. The Morgan fingerprint density at radius 3 is 2.80 bits per heavy atom. The van der Waals surface area contributed by atoms with Crippen molar-refractivity contribution in [3.63, 3.8) is 0 Å². The Morgan fingerprint density at radius 1 is 1.33 bits per heavy atom. The van der Waals surface area contributed by atoms with Gasteiger partial charge in [-0.05, 0) is 37.0 Å². The molecule has 0 radical (unpaired) electrons. The Kier molecular flexibility index (Phi) is 2.78. The summed E-state index contributed by atoms with van der Waals surface area (Å²) in [4.78, 5) is 0. The maximum atomic E-state index is 5.73. The molecule has 0 bridgehead atoms. The molecule has 1 aliphatic rings. The number of hydrogen-bond donors (Lipinski definition) is 1. The van der Waals surface area contributed by atoms with Crippen LogP contribution in [0.25, 0.3) is 5.57 Å². The zero-order chi connectivity index (χ0) is 10.8. The van der Waals surface area contributed by atoms with E-state index in [4.69, 9.17) is 10.5 Å². The summed E-state index contributed by atoms with van der Waals surface area (Å²) >= 11 is 0. The number of methoxy groups -OCH3 is 1. The third kappa shape index (κ3) is 1.65. The van der Waals surface area contributed by atoms with E-state index in [1.807, 2.05) is 12.1 Å². The number of ether oxygens (including phenoxy) is 1. The van der Waals surface area contributed by atoms with Crippen LogP contribution >= 0.6 is 0 Å². The molecule has 0 atom stereocenters. The van der Waals surface area contributed by atoms with Gasteiger partial charge in [0.05, 0.1) is 7.11 Å². The summed E-state index contributed by atoms with van der Waals surface area (Å²) in [6, 6.07) is 6.22. The van der Waals surface area contributed by atoms with E-state index in [-0.39, 0.29) is 0 Å². The van der Waals surface area contributed by atoms with Gasteiger partial charge in [0, 0.05) is 12.1 Å². The zero-order valence-electron chi connectivity index (χ0n) is 9.34. The summed E-state index contributed by atoms with van der Waals surface area (Å²) in [5, 5.41) is 0. The van der Waals surface area contributed by atoms with Gasteiger partial charge in [0.1, 0.15) is 5.75 Å². The normalized spacial score (nSPS) is 15.1. The van der Waals surface area contributed by atoms with Crippen molar-refractivity contribution in [2.45, 2.75) is 19.8 Å². The Bertz CT molecular complexity index is 407. The first-order valence-electron chi connectivity index (χ1n) is 5.33. The van der Waals surface area contributed by atoms with Crippen LogP contribution in [0.1, 0.15) is 24.5 Å². The molecule has 0 aromatic heterocycles. The lowest BCUT2D eigenvalue weighted by Gasteiger charge is -2.22. The number of rotatable bonds is 2. The van der Waals surface area contributed by atoms with Gasteiger partial charge in [0.2, 0.25) is 0 Å². The third-order valence-electron chi connectivity index (χ3n) is 3.21. The minimum Gasteiger partial charge on any atom is -0.496 e. The minimum absolute atomic E-state index is 0.669. The number of allylic oxidation sites excluding steroid dienone is 1. The van der Waals surface area contributed by atoms with Crippen LogP contribution in [0.3, 0.4) is 0 Å². The molecule has 0 saturated carbocycles. The summed E-state index contributed by atoms with van der Waals surface area (Å²) < 4.78 is 5.38. The molecule has 0 spiro atoms. The molecule has 2 rings (SSSR count). The lowest BCUT2D eigenvalue weighted by molar-refractivity contribution is 0.409. The predicted molar refractivity (Wildman–Crippen MR) is 63.0 cm³/mol. The van der Waals surface area contributed by atoms with E-state index in [9.17, 15) is 0 Å². The molecule has 15 heavy (non-hydrogen) atoms. The van der Waals surface area contributed by atoms with Crippen LogP contribution in [0.2, 0.25) is 0 Å². The molecule has 2 nitrogen and oxygen atoms in total. The van der Waals surface area contributed by atoms with Crippen LogP contribution in [0.15, 0.2) is 23.8 Å². The number of nitrogens with two attached hydrogens (primary N) is 1. The molecule has 0 unspecified atom stereocenters. The van der Waals surface area contributed by atoms with Crippen molar-refractivity contribution in [1.82, 2.24) is 0 Å². The molecule has 0 heterocycles. The minimum atomic E-state index is 0.669. The van der Waals surface area contributed by atoms with Crippen molar-refractivity contribution in [1.29, 1.82) is 0 Å². The zero-order valence-corrected chi connectivity index (χ0v) is 9.34. The topological polar surface area (TPSA) is 35.2 Å². The van der Waals surface area contributed by atoms with Crippen molar-refractivity contribution < 1.29 is 4.74 Å². The van der Waals surface area contributed by atoms with Crippen LogP contribution in [0.5, 0.6) is 5.75 Å². The van der Waals surface area contributed by atoms with Crippen LogP contribution < -0.4 is 10.5 Å². The van der Waals surface area contributed by atoms with Crippen LogP contribution in [0, 0.1) is 0 Å². The number of benzene rings is 1. The fourth-order valence-electron chi connectivity index (χ4n) is 2.28. The van der Waals surface area contributed by atoms with E-state index in [0.717, 1.165) is 18.6 Å². The van der Waals surface area contributed by atoms with Crippen LogP contribution in [-0.4, -0.2) is 13.7 Å². The van der Waals surface area contributed by atoms with Crippen molar-refractivity contribution in [3.05, 3.63) is 34.9 Å². The highest BCUT2D eigenvalue weighted by Gasteiger charge is 2.17. The molecule has 0 aliphatic heterocycles. The van der Waals surface area contributed by atoms with Gasteiger partial charge >= 0.3 is 0 Å². The van der Waals surface area contributed by atoms with Gasteiger partial charge in [-0.25, -0.2) is 0 Å². The van der Waals surface area contributed by atoms with E-state index in [1.54, 1.807) is 7.11 Å². The average Bonchev–Trinajstić information content (AvgIpc) is 2.29. The first-order valence-corrected chi connectivity index (χ1v) is 5.33. The van der Waals surface area contributed by atoms with Gasteiger partial charge < -0.3 is 10.5 Å². The molecular formula is C13H17NO. The van der Waals surface area contributed by atoms with E-state index in [2.05, 4.69) is 13.0 Å². The predicted octanol–water partition coefficient (Wildman–Crippen LogP) is 2.37. The second kappa shape index (κ2) is 4.07. The molecule has 0 amide bonds. The van der Waals surface area contributed by atoms with E-state index in [1.165, 1.54) is 22.3 Å². The van der Waals surface area contributed by atoms with E-state index >= 15 is 0 Å². The van der Waals surface area contributed by atoms with Crippen molar-refractivity contribution >= 4 is 5.57 Å². The molecule has 80 valence electrons. The lowest BCUT2D eigenvalue weighted by atomic mass is 9.86. The Morgan fingerprint density at radius 2 is 2.13 bits per heavy atom. The largest absolute Gasteiger partial charge is 0.496 e. The highest BCUT2D eigenvalue weighted by molar-refractivity contribution is 5.73. The van der Waals surface area contributed by atoms with Crippen molar-refractivity contribution in [3.8, 4) is 5.75 Å². The average molecular weight is 203 g/mol. The molecule has 1 aromatic rings. The molecular weight excluding hydrogens is 186 g/mol. The molecule has 2 N–H and O–H groups in total. The number of hydrogen-bond acceptors (Lipinski definition) is 2. The van der Waals surface area contributed by atoms with Gasteiger partial charge in [-0.15, -0.1) is 0 Å². The summed E-state index contributed by atoms with van der Waals surface area (Å²) in [5.41, 5.74) is 11.1. The Balaban J connectivity index is 2.55. The van der Waals surface area contributed by atoms with Gasteiger partial charge in [-0.1, -0.05) is 17.7 Å². The fraction of sp³-hybridized carbons (Fsp3) is 0.385. The van der Waals surface area contributed by atoms with Crippen molar-refractivity contribution in [2.24, 2.45) is 5.73 Å². The SMILES string of the molecule is COc1cccc2c1CCC(CN)=C2C. The number of fused-ring (bicyclic) bond motifs is 1. The summed E-state index contributed by atoms with van der Waals surface area (Å²) in [5.74, 6) is 1.00. The monoisotopic (exact) mass is 203 g/mol. The highest BCUT2D eigenvalue weighted by atomic mass is 16.5. The van der Waals surface area contributed by atoms with Crippen LogP contribution in [0.4, 0.5) is 0 Å². The Hall–Kier alpha value is -1.28. The van der Waals surface area contributed by atoms with E-state index in [0.29, 0.717) is 6.54 Å². The maximum Gasteiger partial charge on any atom is 0.122 e. The van der Waals surface area contributed by atoms with Gasteiger partial charge in [0.25, 0.3) is 0 Å². The van der Waals surface area contributed by atoms with Crippen LogP contribution in [-0.2, 0) is 6.42 Å².